The summed E-state index contributed by atoms with van der Waals surface area (Å²) in [6, 6.07) is 5.17. The Labute approximate surface area is 162 Å². The third-order valence-electron chi connectivity index (χ3n) is 6.80. The van der Waals surface area contributed by atoms with Crippen molar-refractivity contribution in [3.05, 3.63) is 39.8 Å². The monoisotopic (exact) mass is 385 g/mol. The standard InChI is InChI=1S/C21H24ClN3O2/c22-17-7-16-15(1-2-23-20(16)27)6-18(17)25-19(26)11-24-21-8-12-3-13(9-21)5-14(4-12)10-21/h1-2,6-7,12-14,24H,3-5,8-11H2,(H,23,27)(H,25,26)/t12-,13+,14-,21-. The first-order chi connectivity index (χ1) is 13.0. The average molecular weight is 386 g/mol. The van der Waals surface area contributed by atoms with E-state index in [0.717, 1.165) is 23.1 Å². The van der Waals surface area contributed by atoms with Crippen molar-refractivity contribution in [3.63, 3.8) is 0 Å². The summed E-state index contributed by atoms with van der Waals surface area (Å²) in [4.78, 5) is 27.1. The first-order valence-electron chi connectivity index (χ1n) is 9.85. The highest BCUT2D eigenvalue weighted by atomic mass is 35.5. The van der Waals surface area contributed by atoms with E-state index in [1.165, 1.54) is 38.5 Å². The molecule has 27 heavy (non-hydrogen) atoms. The van der Waals surface area contributed by atoms with Crippen LogP contribution in [0.3, 0.4) is 0 Å². The van der Waals surface area contributed by atoms with Crippen molar-refractivity contribution in [2.24, 2.45) is 17.8 Å². The molecule has 0 aliphatic heterocycles. The first kappa shape index (κ1) is 17.3. The van der Waals surface area contributed by atoms with Gasteiger partial charge in [-0.1, -0.05) is 11.6 Å². The van der Waals surface area contributed by atoms with E-state index in [4.69, 9.17) is 11.6 Å². The van der Waals surface area contributed by atoms with Crippen LogP contribution in [0.1, 0.15) is 38.5 Å². The van der Waals surface area contributed by atoms with Gasteiger partial charge >= 0.3 is 0 Å². The molecule has 1 aromatic carbocycles. The van der Waals surface area contributed by atoms with Crippen LogP contribution in [0.15, 0.2) is 29.2 Å². The number of benzene rings is 1. The van der Waals surface area contributed by atoms with Crippen molar-refractivity contribution >= 4 is 34.0 Å². The maximum atomic E-state index is 12.6. The summed E-state index contributed by atoms with van der Waals surface area (Å²) in [7, 11) is 0. The lowest BCUT2D eigenvalue weighted by atomic mass is 9.53. The number of rotatable bonds is 4. The van der Waals surface area contributed by atoms with Crippen molar-refractivity contribution in [2.75, 3.05) is 11.9 Å². The molecular formula is C21H24ClN3O2. The number of H-pyrrole nitrogens is 1. The summed E-state index contributed by atoms with van der Waals surface area (Å²) in [6.07, 6.45) is 9.40. The van der Waals surface area contributed by atoms with Gasteiger partial charge in [0, 0.05) is 17.1 Å². The van der Waals surface area contributed by atoms with Crippen molar-refractivity contribution in [1.82, 2.24) is 10.3 Å². The number of hydrogen-bond acceptors (Lipinski definition) is 3. The van der Waals surface area contributed by atoms with Crippen LogP contribution in [0.4, 0.5) is 5.69 Å². The molecule has 2 aromatic rings. The first-order valence-corrected chi connectivity index (χ1v) is 10.2. The van der Waals surface area contributed by atoms with Gasteiger partial charge in [-0.15, -0.1) is 0 Å². The molecule has 6 rings (SSSR count). The van der Waals surface area contributed by atoms with E-state index < -0.39 is 0 Å². The van der Waals surface area contributed by atoms with Gasteiger partial charge in [0.2, 0.25) is 5.91 Å². The third-order valence-corrected chi connectivity index (χ3v) is 7.11. The van der Waals surface area contributed by atoms with Gasteiger partial charge in [-0.3, -0.25) is 9.59 Å². The number of pyridine rings is 1. The molecule has 1 amide bonds. The minimum absolute atomic E-state index is 0.0863. The zero-order valence-corrected chi connectivity index (χ0v) is 15.9. The largest absolute Gasteiger partial charge is 0.329 e. The molecule has 4 aliphatic rings. The molecule has 3 N–H and O–H groups in total. The second-order valence-electron chi connectivity index (χ2n) is 8.83. The van der Waals surface area contributed by atoms with E-state index in [1.54, 1.807) is 24.4 Å². The van der Waals surface area contributed by atoms with Crippen LogP contribution in [-0.2, 0) is 4.79 Å². The molecule has 0 saturated heterocycles. The molecule has 0 atom stereocenters. The van der Waals surface area contributed by atoms with Crippen LogP contribution in [0.2, 0.25) is 5.02 Å². The van der Waals surface area contributed by atoms with Crippen LogP contribution in [0, 0.1) is 17.8 Å². The molecule has 4 saturated carbocycles. The van der Waals surface area contributed by atoms with Crippen molar-refractivity contribution in [3.8, 4) is 0 Å². The topological polar surface area (TPSA) is 74.0 Å². The molecule has 0 radical (unpaired) electrons. The van der Waals surface area contributed by atoms with Gasteiger partial charge in [0.05, 0.1) is 17.3 Å². The number of anilines is 1. The lowest BCUT2D eigenvalue weighted by Crippen LogP contribution is -2.59. The zero-order valence-electron chi connectivity index (χ0n) is 15.2. The van der Waals surface area contributed by atoms with Gasteiger partial charge < -0.3 is 15.6 Å². The lowest BCUT2D eigenvalue weighted by molar-refractivity contribution is -0.116. The molecule has 4 bridgehead atoms. The van der Waals surface area contributed by atoms with Gasteiger partial charge in [-0.05, 0) is 79.9 Å². The van der Waals surface area contributed by atoms with Crippen molar-refractivity contribution in [2.45, 2.75) is 44.1 Å². The highest BCUT2D eigenvalue weighted by Gasteiger charge is 2.50. The number of carbonyl (C=O) groups is 1. The Morgan fingerprint density at radius 2 is 1.81 bits per heavy atom. The predicted octanol–water partition coefficient (Wildman–Crippen LogP) is 3.68. The van der Waals surface area contributed by atoms with Crippen LogP contribution in [-0.4, -0.2) is 23.0 Å². The van der Waals surface area contributed by atoms with Crippen molar-refractivity contribution < 1.29 is 4.79 Å². The van der Waals surface area contributed by atoms with Crippen LogP contribution in [0.5, 0.6) is 0 Å². The number of fused-ring (bicyclic) bond motifs is 1. The summed E-state index contributed by atoms with van der Waals surface area (Å²) in [6.45, 7) is 0.301. The molecule has 4 fully saturated rings. The summed E-state index contributed by atoms with van der Waals surface area (Å²) in [5, 5.41) is 8.17. The van der Waals surface area contributed by atoms with E-state index in [0.29, 0.717) is 22.6 Å². The molecule has 6 heteroatoms. The Morgan fingerprint density at radius 1 is 1.15 bits per heavy atom. The number of carbonyl (C=O) groups excluding carboxylic acids is 1. The molecule has 0 spiro atoms. The average Bonchev–Trinajstić information content (AvgIpc) is 2.61. The second kappa shape index (κ2) is 6.35. The number of aromatic amines is 1. The van der Waals surface area contributed by atoms with Gasteiger partial charge in [-0.25, -0.2) is 0 Å². The molecule has 5 nitrogen and oxygen atoms in total. The highest BCUT2D eigenvalue weighted by Crippen LogP contribution is 2.55. The molecule has 4 aliphatic carbocycles. The number of nitrogens with one attached hydrogen (secondary N) is 3. The number of aromatic nitrogens is 1. The molecular weight excluding hydrogens is 362 g/mol. The summed E-state index contributed by atoms with van der Waals surface area (Å²) < 4.78 is 0. The summed E-state index contributed by atoms with van der Waals surface area (Å²) in [5.41, 5.74) is 0.523. The third kappa shape index (κ3) is 3.17. The van der Waals surface area contributed by atoms with E-state index in [9.17, 15) is 9.59 Å². The summed E-state index contributed by atoms with van der Waals surface area (Å²) >= 11 is 6.29. The van der Waals surface area contributed by atoms with Crippen LogP contribution in [0.25, 0.3) is 10.8 Å². The fourth-order valence-corrected chi connectivity index (χ4v) is 6.31. The molecule has 0 unspecified atom stereocenters. The summed E-state index contributed by atoms with van der Waals surface area (Å²) in [5.74, 6) is 2.45. The Hall–Kier alpha value is -1.85. The minimum Gasteiger partial charge on any atom is -0.329 e. The van der Waals surface area contributed by atoms with E-state index in [2.05, 4.69) is 15.6 Å². The van der Waals surface area contributed by atoms with Crippen LogP contribution < -0.4 is 16.2 Å². The minimum atomic E-state index is -0.184. The van der Waals surface area contributed by atoms with Gasteiger partial charge in [0.25, 0.3) is 5.56 Å². The molecule has 1 heterocycles. The fraction of sp³-hybridized carbons (Fsp3) is 0.524. The normalized spacial score (nSPS) is 31.4. The quantitative estimate of drug-likeness (QED) is 0.751. The van der Waals surface area contributed by atoms with E-state index in [1.807, 2.05) is 0 Å². The SMILES string of the molecule is O=C(CN[C@]12C[C@H]3C[C@H](C[C@H](C3)C1)C2)Nc1cc2cc[nH]c(=O)c2cc1Cl. The van der Waals surface area contributed by atoms with E-state index in [-0.39, 0.29) is 17.0 Å². The van der Waals surface area contributed by atoms with E-state index >= 15 is 0 Å². The second-order valence-corrected chi connectivity index (χ2v) is 9.23. The number of hydrogen-bond donors (Lipinski definition) is 3. The van der Waals surface area contributed by atoms with Gasteiger partial charge in [-0.2, -0.15) is 0 Å². The zero-order chi connectivity index (χ0) is 18.6. The van der Waals surface area contributed by atoms with Gasteiger partial charge in [0.1, 0.15) is 0 Å². The maximum Gasteiger partial charge on any atom is 0.255 e. The number of halogens is 1. The van der Waals surface area contributed by atoms with Crippen molar-refractivity contribution in [1.29, 1.82) is 0 Å². The Bertz CT molecular complexity index is 932. The Morgan fingerprint density at radius 3 is 2.48 bits per heavy atom. The molecule has 142 valence electrons. The maximum absolute atomic E-state index is 12.6. The van der Waals surface area contributed by atoms with Gasteiger partial charge in [0.15, 0.2) is 0 Å². The Kier molecular flexibility index (Phi) is 4.06. The Balaban J connectivity index is 1.28. The molecule has 1 aromatic heterocycles. The fourth-order valence-electron chi connectivity index (χ4n) is 6.09. The highest BCUT2D eigenvalue weighted by molar-refractivity contribution is 6.34. The number of amides is 1. The predicted molar refractivity (Wildman–Crippen MR) is 107 cm³/mol. The van der Waals surface area contributed by atoms with Crippen LogP contribution >= 0.6 is 11.6 Å². The lowest BCUT2D eigenvalue weighted by Gasteiger charge is -2.57. The smallest absolute Gasteiger partial charge is 0.255 e.